The predicted molar refractivity (Wildman–Crippen MR) is 106 cm³/mol. The zero-order valence-corrected chi connectivity index (χ0v) is 15.3. The molecule has 138 valence electrons. The number of hydrogen-bond donors (Lipinski definition) is 1. The van der Waals surface area contributed by atoms with Gasteiger partial charge in [0, 0.05) is 11.6 Å². The number of para-hydroxylation sites is 1. The number of nitrogens with one attached hydrogen (secondary N) is 1. The molecule has 0 bridgehead atoms. The first kappa shape index (κ1) is 18.4. The lowest BCUT2D eigenvalue weighted by atomic mass is 10.1. The van der Waals surface area contributed by atoms with Gasteiger partial charge in [-0.1, -0.05) is 18.2 Å². The van der Waals surface area contributed by atoms with Crippen LogP contribution in [-0.4, -0.2) is 30.3 Å². The van der Waals surface area contributed by atoms with Gasteiger partial charge in [-0.15, -0.1) is 0 Å². The monoisotopic (exact) mass is 363 g/mol. The third-order valence-corrected chi connectivity index (χ3v) is 3.80. The van der Waals surface area contributed by atoms with Crippen molar-refractivity contribution in [2.24, 2.45) is 5.10 Å². The Balaban J connectivity index is 1.70. The van der Waals surface area contributed by atoms with E-state index in [2.05, 4.69) is 15.5 Å². The summed E-state index contributed by atoms with van der Waals surface area (Å²) in [7, 11) is 0. The minimum absolute atomic E-state index is 0.319. The molecule has 3 aromatic rings. The van der Waals surface area contributed by atoms with E-state index in [1.165, 1.54) is 6.20 Å². The van der Waals surface area contributed by atoms with Gasteiger partial charge in [-0.2, -0.15) is 5.10 Å². The lowest BCUT2D eigenvalue weighted by Gasteiger charge is -2.11. The van der Waals surface area contributed by atoms with Crippen LogP contribution >= 0.6 is 0 Å². The van der Waals surface area contributed by atoms with Crippen LogP contribution in [0.3, 0.4) is 0 Å². The molecule has 0 atom stereocenters. The topological polar surface area (TPSA) is 72.8 Å². The van der Waals surface area contributed by atoms with Crippen LogP contribution in [0.4, 0.5) is 0 Å². The molecule has 1 N–H and O–H groups in total. The molecule has 0 fully saturated rings. The van der Waals surface area contributed by atoms with Crippen molar-refractivity contribution < 1.29 is 14.3 Å². The number of ether oxygens (including phenoxy) is 2. The molecule has 0 saturated carbocycles. The zero-order chi connectivity index (χ0) is 19.1. The second-order valence-electron chi connectivity index (χ2n) is 5.69. The fourth-order valence-electron chi connectivity index (χ4n) is 2.57. The number of fused-ring (bicyclic) bond motifs is 1. The number of nitrogens with zero attached hydrogens (tertiary/aromatic N) is 2. The highest BCUT2D eigenvalue weighted by molar-refractivity contribution is 5.97. The highest BCUT2D eigenvalue weighted by Crippen LogP contribution is 2.27. The number of carbonyl (C=O) groups excluding carboxylic acids is 1. The normalized spacial score (nSPS) is 10.9. The van der Waals surface area contributed by atoms with Crippen molar-refractivity contribution in [2.75, 3.05) is 13.2 Å². The summed E-state index contributed by atoms with van der Waals surface area (Å²) < 4.78 is 11.1. The van der Waals surface area contributed by atoms with E-state index in [-0.39, 0.29) is 5.91 Å². The quantitative estimate of drug-likeness (QED) is 0.512. The molecule has 1 amide bonds. The fourth-order valence-corrected chi connectivity index (χ4v) is 2.57. The standard InChI is InChI=1S/C21H21N3O3/c1-3-26-19-10-9-15(11-20(19)27-4-2)13-23-24-21(25)17-12-16-7-5-6-8-18(16)22-14-17/h5-14H,3-4H2,1-2H3,(H,24,25)/b23-13+. The molecule has 6 heteroatoms. The van der Waals surface area contributed by atoms with Crippen LogP contribution in [0.2, 0.25) is 0 Å². The minimum atomic E-state index is -0.319. The molecule has 0 unspecified atom stereocenters. The number of amides is 1. The highest BCUT2D eigenvalue weighted by Gasteiger charge is 2.07. The largest absolute Gasteiger partial charge is 0.490 e. The van der Waals surface area contributed by atoms with E-state index in [1.54, 1.807) is 12.3 Å². The Hall–Kier alpha value is -3.41. The molecule has 3 rings (SSSR count). The van der Waals surface area contributed by atoms with E-state index < -0.39 is 0 Å². The molecule has 0 saturated heterocycles. The Morgan fingerprint density at radius 1 is 1.07 bits per heavy atom. The second-order valence-corrected chi connectivity index (χ2v) is 5.69. The van der Waals surface area contributed by atoms with E-state index in [4.69, 9.17) is 9.47 Å². The maximum Gasteiger partial charge on any atom is 0.272 e. The van der Waals surface area contributed by atoms with E-state index >= 15 is 0 Å². The van der Waals surface area contributed by atoms with Crippen molar-refractivity contribution >= 4 is 23.0 Å². The number of aromatic nitrogens is 1. The number of rotatable bonds is 7. The zero-order valence-electron chi connectivity index (χ0n) is 15.3. The number of carbonyl (C=O) groups is 1. The van der Waals surface area contributed by atoms with Crippen LogP contribution in [-0.2, 0) is 0 Å². The molecule has 0 aliphatic rings. The summed E-state index contributed by atoms with van der Waals surface area (Å²) in [6, 6.07) is 14.9. The molecule has 0 radical (unpaired) electrons. The van der Waals surface area contributed by atoms with E-state index in [0.29, 0.717) is 30.3 Å². The number of pyridine rings is 1. The van der Waals surface area contributed by atoms with Gasteiger partial charge >= 0.3 is 0 Å². The first-order chi connectivity index (χ1) is 13.2. The Morgan fingerprint density at radius 2 is 1.85 bits per heavy atom. The molecular weight excluding hydrogens is 342 g/mol. The van der Waals surface area contributed by atoms with Crippen molar-refractivity contribution in [1.29, 1.82) is 0 Å². The third kappa shape index (κ3) is 4.61. The van der Waals surface area contributed by atoms with Crippen LogP contribution in [0.15, 0.2) is 59.8 Å². The van der Waals surface area contributed by atoms with Gasteiger partial charge in [0.15, 0.2) is 11.5 Å². The molecule has 1 heterocycles. The van der Waals surface area contributed by atoms with Crippen molar-refractivity contribution in [3.05, 3.63) is 65.9 Å². The van der Waals surface area contributed by atoms with Crippen LogP contribution in [0.5, 0.6) is 11.5 Å². The van der Waals surface area contributed by atoms with Crippen LogP contribution in [0, 0.1) is 0 Å². The van der Waals surface area contributed by atoms with Gasteiger partial charge in [0.25, 0.3) is 5.91 Å². The lowest BCUT2D eigenvalue weighted by molar-refractivity contribution is 0.0955. The minimum Gasteiger partial charge on any atom is -0.490 e. The van der Waals surface area contributed by atoms with Gasteiger partial charge in [-0.25, -0.2) is 5.43 Å². The van der Waals surface area contributed by atoms with Crippen LogP contribution < -0.4 is 14.9 Å². The van der Waals surface area contributed by atoms with Crippen LogP contribution in [0.25, 0.3) is 10.9 Å². The summed E-state index contributed by atoms with van der Waals surface area (Å²) in [6.45, 7) is 4.92. The van der Waals surface area contributed by atoms with E-state index in [1.807, 2.05) is 56.3 Å². The van der Waals surface area contributed by atoms with Crippen molar-refractivity contribution in [1.82, 2.24) is 10.4 Å². The summed E-state index contributed by atoms with van der Waals surface area (Å²) in [5.74, 6) is 1.01. The van der Waals surface area contributed by atoms with Crippen LogP contribution in [0.1, 0.15) is 29.8 Å². The van der Waals surface area contributed by atoms with Gasteiger partial charge in [0.05, 0.1) is 30.5 Å². The van der Waals surface area contributed by atoms with Gasteiger partial charge in [0.2, 0.25) is 0 Å². The smallest absolute Gasteiger partial charge is 0.272 e. The summed E-state index contributed by atoms with van der Waals surface area (Å²) in [5.41, 5.74) is 4.61. The second kappa shape index (κ2) is 8.80. The first-order valence-corrected chi connectivity index (χ1v) is 8.79. The number of hydrazone groups is 1. The average molecular weight is 363 g/mol. The average Bonchev–Trinajstić information content (AvgIpc) is 2.69. The van der Waals surface area contributed by atoms with Crippen molar-refractivity contribution in [2.45, 2.75) is 13.8 Å². The molecular formula is C21H21N3O3. The van der Waals surface area contributed by atoms with Crippen molar-refractivity contribution in [3.8, 4) is 11.5 Å². The summed E-state index contributed by atoms with van der Waals surface area (Å²) in [5, 5.41) is 4.93. The summed E-state index contributed by atoms with van der Waals surface area (Å²) >= 11 is 0. The fraction of sp³-hybridized carbons (Fsp3) is 0.190. The van der Waals surface area contributed by atoms with Gasteiger partial charge in [0.1, 0.15) is 0 Å². The van der Waals surface area contributed by atoms with Gasteiger partial charge in [-0.05, 0) is 49.7 Å². The number of benzene rings is 2. The molecule has 0 aliphatic heterocycles. The molecule has 6 nitrogen and oxygen atoms in total. The lowest BCUT2D eigenvalue weighted by Crippen LogP contribution is -2.17. The molecule has 0 spiro atoms. The van der Waals surface area contributed by atoms with Gasteiger partial charge < -0.3 is 9.47 Å². The Labute approximate surface area is 157 Å². The Kier molecular flexibility index (Phi) is 5.99. The van der Waals surface area contributed by atoms with Crippen molar-refractivity contribution in [3.63, 3.8) is 0 Å². The maximum atomic E-state index is 12.3. The third-order valence-electron chi connectivity index (χ3n) is 3.80. The molecule has 1 aromatic heterocycles. The van der Waals surface area contributed by atoms with E-state index in [9.17, 15) is 4.79 Å². The molecule has 27 heavy (non-hydrogen) atoms. The van der Waals surface area contributed by atoms with Gasteiger partial charge in [-0.3, -0.25) is 9.78 Å². The predicted octanol–water partition coefficient (Wildman–Crippen LogP) is 3.80. The summed E-state index contributed by atoms with van der Waals surface area (Å²) in [6.07, 6.45) is 3.10. The van der Waals surface area contributed by atoms with E-state index in [0.717, 1.165) is 16.5 Å². The molecule has 0 aliphatic carbocycles. The Morgan fingerprint density at radius 3 is 2.67 bits per heavy atom. The molecule has 2 aromatic carbocycles. The number of hydrogen-bond acceptors (Lipinski definition) is 5. The maximum absolute atomic E-state index is 12.3. The Bertz CT molecular complexity index is 970. The highest BCUT2D eigenvalue weighted by atomic mass is 16.5. The first-order valence-electron chi connectivity index (χ1n) is 8.79. The summed E-state index contributed by atoms with van der Waals surface area (Å²) in [4.78, 5) is 16.6. The SMILES string of the molecule is CCOc1ccc(/C=N/NC(=O)c2cnc3ccccc3c2)cc1OCC.